The lowest BCUT2D eigenvalue weighted by Crippen LogP contribution is -2.07. The lowest BCUT2D eigenvalue weighted by molar-refractivity contribution is 0.162. The molecule has 0 saturated carbocycles. The van der Waals surface area contributed by atoms with Gasteiger partial charge in [-0.05, 0) is 52.9 Å². The van der Waals surface area contributed by atoms with Crippen molar-refractivity contribution in [2.45, 2.75) is 60.0 Å². The van der Waals surface area contributed by atoms with Crippen molar-refractivity contribution in [3.05, 3.63) is 11.1 Å². The van der Waals surface area contributed by atoms with Gasteiger partial charge in [0.1, 0.15) is 0 Å². The third-order valence-electron chi connectivity index (χ3n) is 2.61. The lowest BCUT2D eigenvalue weighted by Gasteiger charge is -2.13. The van der Waals surface area contributed by atoms with Crippen molar-refractivity contribution in [3.63, 3.8) is 0 Å². The van der Waals surface area contributed by atoms with Gasteiger partial charge < -0.3 is 5.11 Å². The van der Waals surface area contributed by atoms with Gasteiger partial charge in [0.05, 0.1) is 6.10 Å². The normalized spacial score (nSPS) is 15.2. The Morgan fingerprint density at radius 3 is 2.08 bits per heavy atom. The van der Waals surface area contributed by atoms with Crippen molar-refractivity contribution in [2.75, 3.05) is 0 Å². The molecule has 0 radical (unpaired) electrons. The fourth-order valence-corrected chi connectivity index (χ4v) is 1.41. The van der Waals surface area contributed by atoms with Crippen LogP contribution in [0.2, 0.25) is 0 Å². The Morgan fingerprint density at radius 1 is 1.15 bits per heavy atom. The molecule has 0 heterocycles. The molecule has 0 aromatic carbocycles. The minimum Gasteiger partial charge on any atom is -0.393 e. The van der Waals surface area contributed by atoms with Crippen molar-refractivity contribution in [3.8, 4) is 0 Å². The standard InChI is InChI=1S/C12H24O/c1-9(2)11(4)7-6-10(3)8-12(5)13/h10,12-13H,6-8H2,1-5H3/t10-,12-/m0/s1. The molecule has 0 aromatic heterocycles. The van der Waals surface area contributed by atoms with Gasteiger partial charge in [0.2, 0.25) is 0 Å². The van der Waals surface area contributed by atoms with Gasteiger partial charge in [-0.15, -0.1) is 0 Å². The summed E-state index contributed by atoms with van der Waals surface area (Å²) >= 11 is 0. The Morgan fingerprint density at radius 2 is 1.69 bits per heavy atom. The van der Waals surface area contributed by atoms with Crippen molar-refractivity contribution < 1.29 is 5.11 Å². The maximum atomic E-state index is 9.19. The first-order chi connectivity index (χ1) is 5.93. The van der Waals surface area contributed by atoms with Crippen LogP contribution in [0, 0.1) is 5.92 Å². The molecule has 1 nitrogen and oxygen atoms in total. The smallest absolute Gasteiger partial charge is 0.0514 e. The molecule has 0 unspecified atom stereocenters. The van der Waals surface area contributed by atoms with Crippen LogP contribution in [0.25, 0.3) is 0 Å². The van der Waals surface area contributed by atoms with Crippen LogP contribution in [-0.2, 0) is 0 Å². The third kappa shape index (κ3) is 6.83. The van der Waals surface area contributed by atoms with E-state index in [1.807, 2.05) is 6.92 Å². The largest absolute Gasteiger partial charge is 0.393 e. The molecule has 0 rings (SSSR count). The summed E-state index contributed by atoms with van der Waals surface area (Å²) in [7, 11) is 0. The van der Waals surface area contributed by atoms with E-state index in [0.29, 0.717) is 5.92 Å². The van der Waals surface area contributed by atoms with Gasteiger partial charge in [-0.2, -0.15) is 0 Å². The highest BCUT2D eigenvalue weighted by molar-refractivity contribution is 5.06. The molecule has 0 aromatic rings. The average molecular weight is 184 g/mol. The zero-order valence-electron chi connectivity index (χ0n) is 9.72. The Labute approximate surface area is 82.9 Å². The Bertz CT molecular complexity index is 164. The summed E-state index contributed by atoms with van der Waals surface area (Å²) in [5, 5.41) is 9.19. The molecule has 0 spiro atoms. The van der Waals surface area contributed by atoms with Crippen molar-refractivity contribution in [1.29, 1.82) is 0 Å². The van der Waals surface area contributed by atoms with Crippen LogP contribution in [0.15, 0.2) is 11.1 Å². The van der Waals surface area contributed by atoms with E-state index in [1.165, 1.54) is 24.0 Å². The van der Waals surface area contributed by atoms with Gasteiger partial charge in [0.15, 0.2) is 0 Å². The van der Waals surface area contributed by atoms with Crippen LogP contribution < -0.4 is 0 Å². The molecule has 0 aliphatic carbocycles. The Kier molecular flexibility index (Phi) is 6.06. The van der Waals surface area contributed by atoms with Gasteiger partial charge in [-0.25, -0.2) is 0 Å². The van der Waals surface area contributed by atoms with Crippen LogP contribution in [-0.4, -0.2) is 11.2 Å². The highest BCUT2D eigenvalue weighted by Gasteiger charge is 2.06. The average Bonchev–Trinajstić information content (AvgIpc) is 1.98. The van der Waals surface area contributed by atoms with E-state index >= 15 is 0 Å². The molecule has 0 bridgehead atoms. The highest BCUT2D eigenvalue weighted by Crippen LogP contribution is 2.18. The van der Waals surface area contributed by atoms with Gasteiger partial charge in [0.25, 0.3) is 0 Å². The summed E-state index contributed by atoms with van der Waals surface area (Å²) in [6.45, 7) is 10.6. The van der Waals surface area contributed by atoms with Crippen molar-refractivity contribution >= 4 is 0 Å². The first-order valence-corrected chi connectivity index (χ1v) is 5.24. The van der Waals surface area contributed by atoms with E-state index < -0.39 is 0 Å². The second-order valence-electron chi connectivity index (χ2n) is 4.51. The summed E-state index contributed by atoms with van der Waals surface area (Å²) in [4.78, 5) is 0. The van der Waals surface area contributed by atoms with Crippen LogP contribution in [0.1, 0.15) is 53.9 Å². The van der Waals surface area contributed by atoms with Crippen LogP contribution >= 0.6 is 0 Å². The molecule has 1 N–H and O–H groups in total. The van der Waals surface area contributed by atoms with E-state index in [-0.39, 0.29) is 6.10 Å². The maximum Gasteiger partial charge on any atom is 0.0514 e. The first-order valence-electron chi connectivity index (χ1n) is 5.24. The summed E-state index contributed by atoms with van der Waals surface area (Å²) in [6.07, 6.45) is 3.15. The monoisotopic (exact) mass is 184 g/mol. The quantitative estimate of drug-likeness (QED) is 0.648. The highest BCUT2D eigenvalue weighted by atomic mass is 16.3. The Hall–Kier alpha value is -0.300. The molecule has 13 heavy (non-hydrogen) atoms. The predicted molar refractivity (Wildman–Crippen MR) is 58.7 cm³/mol. The second-order valence-corrected chi connectivity index (χ2v) is 4.51. The van der Waals surface area contributed by atoms with E-state index in [9.17, 15) is 5.11 Å². The molecule has 0 aliphatic heterocycles. The lowest BCUT2D eigenvalue weighted by atomic mass is 9.95. The van der Waals surface area contributed by atoms with Crippen LogP contribution in [0.5, 0.6) is 0 Å². The fraction of sp³-hybridized carbons (Fsp3) is 0.833. The number of aliphatic hydroxyl groups excluding tert-OH is 1. The molecule has 0 aliphatic rings. The molecule has 0 saturated heterocycles. The van der Waals surface area contributed by atoms with Crippen LogP contribution in [0.3, 0.4) is 0 Å². The van der Waals surface area contributed by atoms with Gasteiger partial charge in [0, 0.05) is 0 Å². The van der Waals surface area contributed by atoms with E-state index in [1.54, 1.807) is 0 Å². The minimum absolute atomic E-state index is 0.151. The van der Waals surface area contributed by atoms with E-state index in [0.717, 1.165) is 6.42 Å². The fourth-order valence-electron chi connectivity index (χ4n) is 1.41. The second kappa shape index (κ2) is 6.20. The van der Waals surface area contributed by atoms with E-state index in [2.05, 4.69) is 27.7 Å². The number of allylic oxidation sites excluding steroid dienone is 2. The van der Waals surface area contributed by atoms with Crippen molar-refractivity contribution in [1.82, 2.24) is 0 Å². The zero-order chi connectivity index (χ0) is 10.4. The first kappa shape index (κ1) is 12.7. The summed E-state index contributed by atoms with van der Waals surface area (Å²) in [5.41, 5.74) is 2.93. The van der Waals surface area contributed by atoms with Crippen molar-refractivity contribution in [2.24, 2.45) is 5.92 Å². The third-order valence-corrected chi connectivity index (χ3v) is 2.61. The zero-order valence-corrected chi connectivity index (χ0v) is 9.72. The number of hydrogen-bond donors (Lipinski definition) is 1. The molecule has 0 amide bonds. The topological polar surface area (TPSA) is 20.2 Å². The van der Waals surface area contributed by atoms with Crippen LogP contribution in [0.4, 0.5) is 0 Å². The molecule has 1 heteroatoms. The summed E-state index contributed by atoms with van der Waals surface area (Å²) < 4.78 is 0. The summed E-state index contributed by atoms with van der Waals surface area (Å²) in [6, 6.07) is 0. The molecule has 78 valence electrons. The number of rotatable bonds is 5. The molecular formula is C12H24O. The van der Waals surface area contributed by atoms with Gasteiger partial charge >= 0.3 is 0 Å². The molecular weight excluding hydrogens is 160 g/mol. The SMILES string of the molecule is CC(C)=C(C)CC[C@H](C)C[C@H](C)O. The minimum atomic E-state index is -0.151. The predicted octanol–water partition coefficient (Wildman–Crippen LogP) is 3.53. The maximum absolute atomic E-state index is 9.19. The van der Waals surface area contributed by atoms with Gasteiger partial charge in [-0.1, -0.05) is 18.1 Å². The summed E-state index contributed by atoms with van der Waals surface area (Å²) in [5.74, 6) is 0.634. The number of hydrogen-bond acceptors (Lipinski definition) is 1. The molecule has 0 fully saturated rings. The Balaban J connectivity index is 3.70. The van der Waals surface area contributed by atoms with Gasteiger partial charge in [-0.3, -0.25) is 0 Å². The van der Waals surface area contributed by atoms with E-state index in [4.69, 9.17) is 0 Å². The number of aliphatic hydroxyl groups is 1. The molecule has 2 atom stereocenters.